The van der Waals surface area contributed by atoms with Crippen LogP contribution in [0, 0.1) is 0 Å². The number of hydrogen-bond acceptors (Lipinski definition) is 4. The smallest absolute Gasteiger partial charge is 0.154 e. The molecule has 0 saturated heterocycles. The minimum atomic E-state index is 0.455. The Morgan fingerprint density at radius 1 is 1.11 bits per heavy atom. The lowest BCUT2D eigenvalue weighted by atomic mass is 10.1. The van der Waals surface area contributed by atoms with Gasteiger partial charge in [0.1, 0.15) is 5.69 Å². The van der Waals surface area contributed by atoms with Gasteiger partial charge in [0, 0.05) is 23.5 Å². The Kier molecular flexibility index (Phi) is 2.44. The van der Waals surface area contributed by atoms with Gasteiger partial charge in [0.15, 0.2) is 5.82 Å². The Bertz CT molecular complexity index is 701. The number of nitrogens with zero attached hydrogens (tertiary/aromatic N) is 4. The molecule has 2 heterocycles. The van der Waals surface area contributed by atoms with Crippen molar-refractivity contribution < 1.29 is 0 Å². The zero-order valence-corrected chi connectivity index (χ0v) is 10.0. The van der Waals surface area contributed by atoms with E-state index in [0.717, 1.165) is 28.7 Å². The standard InChI is InChI=1S/C13H13N5/c1-2-18-11(7-8-15-18)12-9-5-3-4-6-10(9)13(14)17-16-12/h3-8H,2H2,1H3,(H2,14,17). The van der Waals surface area contributed by atoms with E-state index in [4.69, 9.17) is 5.73 Å². The highest BCUT2D eigenvalue weighted by Crippen LogP contribution is 2.27. The van der Waals surface area contributed by atoms with Crippen molar-refractivity contribution in [2.45, 2.75) is 13.5 Å². The average Bonchev–Trinajstić information content (AvgIpc) is 2.88. The molecule has 0 radical (unpaired) electrons. The van der Waals surface area contributed by atoms with Gasteiger partial charge in [-0.05, 0) is 13.0 Å². The van der Waals surface area contributed by atoms with Gasteiger partial charge in [-0.1, -0.05) is 24.3 Å². The largest absolute Gasteiger partial charge is 0.382 e. The summed E-state index contributed by atoms with van der Waals surface area (Å²) in [6, 6.07) is 9.81. The molecule has 0 saturated carbocycles. The lowest BCUT2D eigenvalue weighted by molar-refractivity contribution is 0.665. The summed E-state index contributed by atoms with van der Waals surface area (Å²) in [5.41, 5.74) is 7.63. The molecule has 18 heavy (non-hydrogen) atoms. The number of hydrogen-bond donors (Lipinski definition) is 1. The van der Waals surface area contributed by atoms with Crippen molar-refractivity contribution in [1.29, 1.82) is 0 Å². The van der Waals surface area contributed by atoms with Crippen LogP contribution in [0.2, 0.25) is 0 Å². The van der Waals surface area contributed by atoms with E-state index in [1.54, 1.807) is 6.20 Å². The quantitative estimate of drug-likeness (QED) is 0.743. The molecule has 2 aromatic heterocycles. The summed E-state index contributed by atoms with van der Waals surface area (Å²) in [4.78, 5) is 0. The molecule has 0 aliphatic rings. The minimum absolute atomic E-state index is 0.455. The first-order valence-electron chi connectivity index (χ1n) is 5.84. The van der Waals surface area contributed by atoms with E-state index in [2.05, 4.69) is 15.3 Å². The van der Waals surface area contributed by atoms with E-state index >= 15 is 0 Å². The summed E-state index contributed by atoms with van der Waals surface area (Å²) in [7, 11) is 0. The van der Waals surface area contributed by atoms with Crippen LogP contribution in [-0.4, -0.2) is 20.0 Å². The molecular weight excluding hydrogens is 226 g/mol. The van der Waals surface area contributed by atoms with Gasteiger partial charge in [0.25, 0.3) is 0 Å². The van der Waals surface area contributed by atoms with Crippen LogP contribution in [0.15, 0.2) is 36.5 Å². The zero-order chi connectivity index (χ0) is 12.5. The Balaban J connectivity index is 2.34. The Hall–Kier alpha value is -2.43. The third kappa shape index (κ3) is 1.52. The average molecular weight is 239 g/mol. The molecule has 0 amide bonds. The van der Waals surface area contributed by atoms with Crippen LogP contribution < -0.4 is 5.73 Å². The van der Waals surface area contributed by atoms with Crippen LogP contribution in [0.5, 0.6) is 0 Å². The maximum absolute atomic E-state index is 5.85. The first-order valence-corrected chi connectivity index (χ1v) is 5.84. The number of benzene rings is 1. The first-order chi connectivity index (χ1) is 8.81. The maximum atomic E-state index is 5.85. The highest BCUT2D eigenvalue weighted by atomic mass is 15.3. The normalized spacial score (nSPS) is 10.9. The predicted octanol–water partition coefficient (Wildman–Crippen LogP) is 2.10. The Morgan fingerprint density at radius 2 is 1.89 bits per heavy atom. The number of nitrogen functional groups attached to an aromatic ring is 1. The lowest BCUT2D eigenvalue weighted by Gasteiger charge is -2.08. The monoisotopic (exact) mass is 239 g/mol. The Labute approximate surface area is 104 Å². The van der Waals surface area contributed by atoms with Crippen molar-refractivity contribution in [2.75, 3.05) is 5.73 Å². The van der Waals surface area contributed by atoms with Crippen molar-refractivity contribution in [3.63, 3.8) is 0 Å². The summed E-state index contributed by atoms with van der Waals surface area (Å²) in [6.45, 7) is 2.84. The van der Waals surface area contributed by atoms with E-state index in [9.17, 15) is 0 Å². The molecule has 0 aliphatic heterocycles. The summed E-state index contributed by atoms with van der Waals surface area (Å²) in [5.74, 6) is 0.455. The van der Waals surface area contributed by atoms with Crippen molar-refractivity contribution in [1.82, 2.24) is 20.0 Å². The third-order valence-electron chi connectivity index (χ3n) is 2.97. The summed E-state index contributed by atoms with van der Waals surface area (Å²) < 4.78 is 1.90. The zero-order valence-electron chi connectivity index (χ0n) is 10.0. The molecule has 5 heteroatoms. The van der Waals surface area contributed by atoms with Gasteiger partial charge in [0.05, 0.1) is 5.69 Å². The lowest BCUT2D eigenvalue weighted by Crippen LogP contribution is -2.03. The highest BCUT2D eigenvalue weighted by Gasteiger charge is 2.12. The highest BCUT2D eigenvalue weighted by molar-refractivity contribution is 5.98. The van der Waals surface area contributed by atoms with E-state index < -0.39 is 0 Å². The summed E-state index contributed by atoms with van der Waals surface area (Å²) in [5, 5.41) is 14.4. The predicted molar refractivity (Wildman–Crippen MR) is 70.8 cm³/mol. The number of nitrogens with two attached hydrogens (primary N) is 1. The fourth-order valence-corrected chi connectivity index (χ4v) is 2.10. The van der Waals surface area contributed by atoms with E-state index in [0.29, 0.717) is 5.82 Å². The van der Waals surface area contributed by atoms with Crippen molar-refractivity contribution in [3.05, 3.63) is 36.5 Å². The molecule has 2 N–H and O–H groups in total. The molecule has 0 spiro atoms. The van der Waals surface area contributed by atoms with Gasteiger partial charge < -0.3 is 5.73 Å². The second-order valence-corrected chi connectivity index (χ2v) is 4.01. The number of rotatable bonds is 2. The number of anilines is 1. The molecule has 1 aromatic carbocycles. The topological polar surface area (TPSA) is 69.6 Å². The van der Waals surface area contributed by atoms with E-state index in [-0.39, 0.29) is 0 Å². The van der Waals surface area contributed by atoms with Crippen LogP contribution in [0.4, 0.5) is 5.82 Å². The van der Waals surface area contributed by atoms with Crippen LogP contribution in [0.1, 0.15) is 6.92 Å². The van der Waals surface area contributed by atoms with Gasteiger partial charge in [-0.25, -0.2) is 0 Å². The molecule has 5 nitrogen and oxygen atoms in total. The maximum Gasteiger partial charge on any atom is 0.154 e. The molecule has 90 valence electrons. The number of aromatic nitrogens is 4. The van der Waals surface area contributed by atoms with Gasteiger partial charge in [0.2, 0.25) is 0 Å². The molecule has 0 aliphatic carbocycles. The first kappa shape index (κ1) is 10.7. The van der Waals surface area contributed by atoms with E-state index in [1.165, 1.54) is 0 Å². The van der Waals surface area contributed by atoms with Crippen LogP contribution >= 0.6 is 0 Å². The van der Waals surface area contributed by atoms with Crippen LogP contribution in [0.3, 0.4) is 0 Å². The second kappa shape index (κ2) is 4.10. The molecule has 3 aromatic rings. The van der Waals surface area contributed by atoms with Gasteiger partial charge in [-0.3, -0.25) is 4.68 Å². The van der Waals surface area contributed by atoms with E-state index in [1.807, 2.05) is 41.9 Å². The van der Waals surface area contributed by atoms with Gasteiger partial charge in [-0.15, -0.1) is 10.2 Å². The third-order valence-corrected chi connectivity index (χ3v) is 2.97. The molecular formula is C13H13N5. The van der Waals surface area contributed by atoms with Crippen molar-refractivity contribution in [2.24, 2.45) is 0 Å². The second-order valence-electron chi connectivity index (χ2n) is 4.01. The SMILES string of the molecule is CCn1nccc1-c1nnc(N)c2ccccc12. The molecule has 0 atom stereocenters. The fraction of sp³-hybridized carbons (Fsp3) is 0.154. The fourth-order valence-electron chi connectivity index (χ4n) is 2.10. The van der Waals surface area contributed by atoms with Gasteiger partial charge in [-0.2, -0.15) is 5.10 Å². The number of aryl methyl sites for hydroxylation is 1. The van der Waals surface area contributed by atoms with Crippen LogP contribution in [-0.2, 0) is 6.54 Å². The van der Waals surface area contributed by atoms with Crippen molar-refractivity contribution >= 4 is 16.6 Å². The molecule has 0 fully saturated rings. The number of fused-ring (bicyclic) bond motifs is 1. The molecule has 3 rings (SSSR count). The van der Waals surface area contributed by atoms with Gasteiger partial charge >= 0.3 is 0 Å². The minimum Gasteiger partial charge on any atom is -0.382 e. The summed E-state index contributed by atoms with van der Waals surface area (Å²) in [6.07, 6.45) is 1.77. The molecule has 0 bridgehead atoms. The van der Waals surface area contributed by atoms with Crippen LogP contribution in [0.25, 0.3) is 22.2 Å². The summed E-state index contributed by atoms with van der Waals surface area (Å²) >= 11 is 0. The molecule has 0 unspecified atom stereocenters. The van der Waals surface area contributed by atoms with Crippen molar-refractivity contribution in [3.8, 4) is 11.4 Å². The Morgan fingerprint density at radius 3 is 2.67 bits per heavy atom.